The zero-order valence-corrected chi connectivity index (χ0v) is 16.7. The molecule has 31 heavy (non-hydrogen) atoms. The van der Waals surface area contributed by atoms with Crippen LogP contribution >= 0.6 is 0 Å². The summed E-state index contributed by atoms with van der Waals surface area (Å²) in [5.74, 6) is -0.552. The quantitative estimate of drug-likeness (QED) is 0.371. The van der Waals surface area contributed by atoms with Gasteiger partial charge in [0.2, 0.25) is 0 Å². The molecular weight excluding hydrogens is 398 g/mol. The molecule has 1 heterocycles. The maximum Gasteiger partial charge on any atom is 0.323 e. The summed E-state index contributed by atoms with van der Waals surface area (Å²) < 4.78 is 11.3. The first-order valence-electron chi connectivity index (χ1n) is 9.59. The van der Waals surface area contributed by atoms with Crippen LogP contribution in [-0.4, -0.2) is 30.3 Å². The minimum Gasteiger partial charge on any atom is -0.495 e. The third-order valence-electron chi connectivity index (χ3n) is 4.93. The van der Waals surface area contributed by atoms with Crippen molar-refractivity contribution in [3.05, 3.63) is 66.2 Å². The number of furan rings is 1. The number of carboxylic acid groups (broad SMARTS) is 1. The molecule has 0 unspecified atom stereocenters. The van der Waals surface area contributed by atoms with E-state index in [1.165, 1.54) is 7.11 Å². The number of ether oxygens (including phenoxy) is 1. The Kier molecular flexibility index (Phi) is 5.46. The van der Waals surface area contributed by atoms with Crippen molar-refractivity contribution in [2.45, 2.75) is 12.5 Å². The summed E-state index contributed by atoms with van der Waals surface area (Å²) in [6.07, 6.45) is 0.205. The Bertz CT molecular complexity index is 1260. The largest absolute Gasteiger partial charge is 0.495 e. The van der Waals surface area contributed by atoms with Crippen LogP contribution < -0.4 is 21.1 Å². The molecule has 0 saturated carbocycles. The highest BCUT2D eigenvalue weighted by Crippen LogP contribution is 2.36. The molecule has 158 valence electrons. The number of urea groups is 1. The molecule has 4 rings (SSSR count). The molecular formula is C23H21N3O5. The molecule has 8 heteroatoms. The van der Waals surface area contributed by atoms with Crippen LogP contribution in [-0.2, 0) is 11.2 Å². The van der Waals surface area contributed by atoms with Crippen molar-refractivity contribution < 1.29 is 23.8 Å². The zero-order valence-electron chi connectivity index (χ0n) is 16.7. The van der Waals surface area contributed by atoms with Gasteiger partial charge < -0.3 is 30.6 Å². The number of carbonyl (C=O) groups excluding carboxylic acids is 1. The van der Waals surface area contributed by atoms with Gasteiger partial charge in [0.25, 0.3) is 0 Å². The minimum atomic E-state index is -1.06. The van der Waals surface area contributed by atoms with E-state index in [1.807, 2.05) is 30.3 Å². The van der Waals surface area contributed by atoms with E-state index in [1.54, 1.807) is 30.3 Å². The maximum atomic E-state index is 12.5. The number of anilines is 2. The first-order valence-corrected chi connectivity index (χ1v) is 9.59. The van der Waals surface area contributed by atoms with Gasteiger partial charge in [0.1, 0.15) is 23.0 Å². The van der Waals surface area contributed by atoms with Crippen molar-refractivity contribution >= 4 is 45.3 Å². The Morgan fingerprint density at radius 2 is 1.77 bits per heavy atom. The molecule has 4 aromatic rings. The van der Waals surface area contributed by atoms with Gasteiger partial charge in [-0.2, -0.15) is 0 Å². The summed E-state index contributed by atoms with van der Waals surface area (Å²) in [7, 11) is 1.53. The summed E-state index contributed by atoms with van der Waals surface area (Å²) in [6.45, 7) is 0. The van der Waals surface area contributed by atoms with E-state index in [4.69, 9.17) is 20.0 Å². The molecule has 0 bridgehead atoms. The molecule has 0 fully saturated rings. The molecule has 3 aromatic carbocycles. The molecule has 0 aliphatic rings. The van der Waals surface area contributed by atoms with Crippen molar-refractivity contribution in [2.75, 3.05) is 17.7 Å². The summed E-state index contributed by atoms with van der Waals surface area (Å²) in [5.41, 5.74) is 8.72. The highest BCUT2D eigenvalue weighted by Gasteiger charge is 2.15. The lowest BCUT2D eigenvalue weighted by Crippen LogP contribution is -2.32. The van der Waals surface area contributed by atoms with Crippen LogP contribution in [0.15, 0.2) is 65.1 Å². The van der Waals surface area contributed by atoms with Crippen LogP contribution in [0.25, 0.3) is 21.9 Å². The predicted octanol–water partition coefficient (Wildman–Crippen LogP) is 4.19. The fourth-order valence-electron chi connectivity index (χ4n) is 3.37. The van der Waals surface area contributed by atoms with Crippen molar-refractivity contribution in [3.8, 4) is 5.75 Å². The number of hydrogen-bond donors (Lipinski definition) is 4. The molecule has 5 N–H and O–H groups in total. The van der Waals surface area contributed by atoms with Crippen LogP contribution in [0.2, 0.25) is 0 Å². The van der Waals surface area contributed by atoms with E-state index < -0.39 is 18.0 Å². The highest BCUT2D eigenvalue weighted by atomic mass is 16.5. The van der Waals surface area contributed by atoms with E-state index in [-0.39, 0.29) is 6.42 Å². The summed E-state index contributed by atoms with van der Waals surface area (Å²) >= 11 is 0. The van der Waals surface area contributed by atoms with Gasteiger partial charge in [0.05, 0.1) is 12.8 Å². The minimum absolute atomic E-state index is 0.205. The molecule has 8 nitrogen and oxygen atoms in total. The molecule has 0 aliphatic heterocycles. The lowest BCUT2D eigenvalue weighted by Gasteiger charge is -2.12. The Labute approximate surface area is 177 Å². The molecule has 0 radical (unpaired) electrons. The van der Waals surface area contributed by atoms with Crippen molar-refractivity contribution in [3.63, 3.8) is 0 Å². The van der Waals surface area contributed by atoms with E-state index in [9.17, 15) is 9.59 Å². The Morgan fingerprint density at radius 3 is 2.48 bits per heavy atom. The number of benzene rings is 3. The van der Waals surface area contributed by atoms with Crippen LogP contribution in [0.1, 0.15) is 5.56 Å². The van der Waals surface area contributed by atoms with Crippen LogP contribution in [0.3, 0.4) is 0 Å². The van der Waals surface area contributed by atoms with Gasteiger partial charge in [-0.25, -0.2) is 4.79 Å². The molecule has 0 saturated heterocycles. The summed E-state index contributed by atoms with van der Waals surface area (Å²) in [6, 6.07) is 16.6. The molecule has 0 aliphatic carbocycles. The molecule has 1 atom stereocenters. The van der Waals surface area contributed by atoms with E-state index >= 15 is 0 Å². The van der Waals surface area contributed by atoms with E-state index in [0.29, 0.717) is 22.7 Å². The number of methoxy groups -OCH3 is 1. The maximum absolute atomic E-state index is 12.5. The lowest BCUT2D eigenvalue weighted by atomic mass is 10.1. The second kappa shape index (κ2) is 8.37. The molecule has 1 aromatic heterocycles. The van der Waals surface area contributed by atoms with Crippen LogP contribution in [0, 0.1) is 0 Å². The number of para-hydroxylation sites is 1. The zero-order chi connectivity index (χ0) is 22.0. The predicted molar refractivity (Wildman–Crippen MR) is 119 cm³/mol. The normalized spacial score (nSPS) is 11.9. The number of rotatable bonds is 6. The Balaban J connectivity index is 1.50. The topological polar surface area (TPSA) is 127 Å². The number of nitrogens with two attached hydrogens (primary N) is 1. The van der Waals surface area contributed by atoms with Crippen molar-refractivity contribution in [2.24, 2.45) is 5.73 Å². The van der Waals surface area contributed by atoms with Gasteiger partial charge in [-0.1, -0.05) is 30.3 Å². The van der Waals surface area contributed by atoms with Gasteiger partial charge in [0.15, 0.2) is 0 Å². The SMILES string of the molecule is COc1cc2c(cc1NC(=O)Nc1ccc(C[C@H](N)C(=O)O)cc1)oc1ccccc12. The second-order valence-electron chi connectivity index (χ2n) is 7.07. The summed E-state index contributed by atoms with van der Waals surface area (Å²) in [5, 5.41) is 16.3. The number of hydrogen-bond acceptors (Lipinski definition) is 5. The van der Waals surface area contributed by atoms with Gasteiger partial charge in [-0.3, -0.25) is 4.79 Å². The fraction of sp³-hybridized carbons (Fsp3) is 0.130. The number of carbonyl (C=O) groups is 2. The Hall–Kier alpha value is -4.04. The Morgan fingerprint density at radius 1 is 1.03 bits per heavy atom. The van der Waals surface area contributed by atoms with Gasteiger partial charge in [-0.05, 0) is 36.2 Å². The average molecular weight is 419 g/mol. The number of carboxylic acids is 1. The third-order valence-corrected chi connectivity index (χ3v) is 4.93. The van der Waals surface area contributed by atoms with Gasteiger partial charge in [0, 0.05) is 22.5 Å². The second-order valence-corrected chi connectivity index (χ2v) is 7.07. The van der Waals surface area contributed by atoms with E-state index in [0.717, 1.165) is 21.9 Å². The smallest absolute Gasteiger partial charge is 0.323 e. The fourth-order valence-corrected chi connectivity index (χ4v) is 3.37. The van der Waals surface area contributed by atoms with Gasteiger partial charge >= 0.3 is 12.0 Å². The monoisotopic (exact) mass is 419 g/mol. The average Bonchev–Trinajstić information content (AvgIpc) is 3.11. The third kappa shape index (κ3) is 4.29. The first kappa shape index (κ1) is 20.2. The van der Waals surface area contributed by atoms with Crippen molar-refractivity contribution in [1.82, 2.24) is 0 Å². The molecule has 2 amide bonds. The lowest BCUT2D eigenvalue weighted by molar-refractivity contribution is -0.138. The van der Waals surface area contributed by atoms with Crippen LogP contribution in [0.5, 0.6) is 5.75 Å². The standard InChI is InChI=1S/C23H21N3O5/c1-30-21-11-16-15-4-2-3-5-19(15)31-20(16)12-18(21)26-23(29)25-14-8-6-13(7-9-14)10-17(24)22(27)28/h2-9,11-12,17H,10,24H2,1H3,(H,27,28)(H2,25,26,29)/t17-/m0/s1. The first-order chi connectivity index (χ1) is 14.9. The van der Waals surface area contributed by atoms with Gasteiger partial charge in [-0.15, -0.1) is 0 Å². The number of aliphatic carboxylic acids is 1. The number of fused-ring (bicyclic) bond motifs is 3. The summed E-state index contributed by atoms with van der Waals surface area (Å²) in [4.78, 5) is 23.4. The number of amides is 2. The van der Waals surface area contributed by atoms with Crippen LogP contribution in [0.4, 0.5) is 16.2 Å². The number of nitrogens with one attached hydrogen (secondary N) is 2. The molecule has 0 spiro atoms. The van der Waals surface area contributed by atoms with E-state index in [2.05, 4.69) is 10.6 Å². The van der Waals surface area contributed by atoms with Crippen molar-refractivity contribution in [1.29, 1.82) is 0 Å². The highest BCUT2D eigenvalue weighted by molar-refractivity contribution is 6.08.